The maximum Gasteiger partial charge on any atom is 0.305 e. The van der Waals surface area contributed by atoms with Crippen LogP contribution in [0.5, 0.6) is 5.75 Å². The van der Waals surface area contributed by atoms with Crippen LogP contribution >= 0.6 is 12.4 Å². The summed E-state index contributed by atoms with van der Waals surface area (Å²) < 4.78 is 10.3. The van der Waals surface area contributed by atoms with Crippen LogP contribution in [-0.2, 0) is 16.0 Å². The zero-order valence-corrected chi connectivity index (χ0v) is 17.1. The average Bonchev–Trinajstić information content (AvgIpc) is 2.66. The smallest absolute Gasteiger partial charge is 0.305 e. The van der Waals surface area contributed by atoms with Crippen molar-refractivity contribution in [2.75, 3.05) is 13.7 Å². The minimum Gasteiger partial charge on any atom is -0.494 e. The zero-order valence-electron chi connectivity index (χ0n) is 16.3. The van der Waals surface area contributed by atoms with Crippen molar-refractivity contribution in [3.8, 4) is 5.75 Å². The van der Waals surface area contributed by atoms with Crippen LogP contribution in [0, 0.1) is 0 Å². The standard InChI is InChI=1S/C22H29NO3.ClH/c1-17(23-18(2)20-8-5-4-6-9-20)16-19-11-13-21(14-12-19)26-15-7-10-22(24)25-3;/h4-6,8-9,11-14,17-18,23H,7,10,15-16H2,1-3H3;1H/t17-,18-;/m1./s1. The SMILES string of the molecule is COC(=O)CCCOc1ccc(C[C@@H](C)N[C@H](C)c2ccccc2)cc1.Cl. The molecule has 0 aliphatic carbocycles. The number of hydrogen-bond donors (Lipinski definition) is 1. The van der Waals surface area contributed by atoms with Gasteiger partial charge in [0, 0.05) is 18.5 Å². The van der Waals surface area contributed by atoms with Gasteiger partial charge in [-0.2, -0.15) is 0 Å². The van der Waals surface area contributed by atoms with E-state index in [1.54, 1.807) is 0 Å². The molecule has 2 atom stereocenters. The first kappa shape index (κ1) is 23.0. The summed E-state index contributed by atoms with van der Waals surface area (Å²) in [5.74, 6) is 0.632. The first-order valence-electron chi connectivity index (χ1n) is 9.18. The highest BCUT2D eigenvalue weighted by Crippen LogP contribution is 2.16. The third-order valence-electron chi connectivity index (χ3n) is 4.32. The Kier molecular flexibility index (Phi) is 10.5. The van der Waals surface area contributed by atoms with E-state index < -0.39 is 0 Å². The highest BCUT2D eigenvalue weighted by atomic mass is 35.5. The summed E-state index contributed by atoms with van der Waals surface area (Å²) in [6.07, 6.45) is 2.00. The van der Waals surface area contributed by atoms with Crippen molar-refractivity contribution >= 4 is 18.4 Å². The Bertz CT molecular complexity index is 661. The molecule has 0 unspecified atom stereocenters. The molecule has 1 N–H and O–H groups in total. The van der Waals surface area contributed by atoms with E-state index in [1.807, 2.05) is 18.2 Å². The molecule has 2 rings (SSSR count). The van der Waals surface area contributed by atoms with Crippen LogP contribution in [0.4, 0.5) is 0 Å². The fourth-order valence-corrected chi connectivity index (χ4v) is 2.91. The Labute approximate surface area is 168 Å². The molecule has 0 fully saturated rings. The van der Waals surface area contributed by atoms with E-state index in [2.05, 4.69) is 60.3 Å². The molecule has 0 spiro atoms. The Morgan fingerprint density at radius 2 is 1.70 bits per heavy atom. The largest absolute Gasteiger partial charge is 0.494 e. The first-order chi connectivity index (χ1) is 12.6. The minimum absolute atomic E-state index is 0. The van der Waals surface area contributed by atoms with Crippen LogP contribution in [0.2, 0.25) is 0 Å². The van der Waals surface area contributed by atoms with Gasteiger partial charge >= 0.3 is 5.97 Å². The van der Waals surface area contributed by atoms with E-state index in [4.69, 9.17) is 4.74 Å². The lowest BCUT2D eigenvalue weighted by Gasteiger charge is -2.20. The average molecular weight is 392 g/mol. The molecule has 2 aromatic rings. The van der Waals surface area contributed by atoms with Crippen molar-refractivity contribution in [1.82, 2.24) is 5.32 Å². The van der Waals surface area contributed by atoms with Gasteiger partial charge in [0.1, 0.15) is 5.75 Å². The second-order valence-electron chi connectivity index (χ2n) is 6.58. The second kappa shape index (κ2) is 12.4. The normalized spacial score (nSPS) is 12.6. The van der Waals surface area contributed by atoms with Crippen molar-refractivity contribution in [3.63, 3.8) is 0 Å². The van der Waals surface area contributed by atoms with Crippen molar-refractivity contribution in [1.29, 1.82) is 0 Å². The number of ether oxygens (including phenoxy) is 2. The first-order valence-corrected chi connectivity index (χ1v) is 9.18. The van der Waals surface area contributed by atoms with E-state index in [0.717, 1.165) is 12.2 Å². The van der Waals surface area contributed by atoms with Gasteiger partial charge in [-0.25, -0.2) is 0 Å². The number of hydrogen-bond acceptors (Lipinski definition) is 4. The monoisotopic (exact) mass is 391 g/mol. The Morgan fingerprint density at radius 1 is 1.04 bits per heavy atom. The molecule has 0 bridgehead atoms. The highest BCUT2D eigenvalue weighted by molar-refractivity contribution is 5.85. The quantitative estimate of drug-likeness (QED) is 0.470. The van der Waals surface area contributed by atoms with Crippen molar-refractivity contribution in [2.45, 2.75) is 45.2 Å². The third kappa shape index (κ3) is 8.46. The molecule has 0 aliphatic heterocycles. The van der Waals surface area contributed by atoms with Gasteiger partial charge in [-0.05, 0) is 49.9 Å². The van der Waals surface area contributed by atoms with Gasteiger partial charge in [-0.15, -0.1) is 12.4 Å². The summed E-state index contributed by atoms with van der Waals surface area (Å²) in [7, 11) is 1.40. The summed E-state index contributed by atoms with van der Waals surface area (Å²) in [4.78, 5) is 11.1. The van der Waals surface area contributed by atoms with Crippen molar-refractivity contribution < 1.29 is 14.3 Å². The molecule has 0 aromatic heterocycles. The van der Waals surface area contributed by atoms with Crippen LogP contribution < -0.4 is 10.1 Å². The maximum absolute atomic E-state index is 11.1. The lowest BCUT2D eigenvalue weighted by molar-refractivity contribution is -0.140. The van der Waals surface area contributed by atoms with E-state index in [9.17, 15) is 4.79 Å². The third-order valence-corrected chi connectivity index (χ3v) is 4.32. The van der Waals surface area contributed by atoms with Crippen LogP contribution in [0.15, 0.2) is 54.6 Å². The Morgan fingerprint density at radius 3 is 2.33 bits per heavy atom. The molecule has 0 saturated carbocycles. The molecule has 0 radical (unpaired) electrons. The van der Waals surface area contributed by atoms with Crippen LogP contribution in [-0.4, -0.2) is 25.7 Å². The lowest BCUT2D eigenvalue weighted by Crippen LogP contribution is -2.30. The molecule has 4 nitrogen and oxygen atoms in total. The number of methoxy groups -OCH3 is 1. The summed E-state index contributed by atoms with van der Waals surface area (Å²) in [5.41, 5.74) is 2.57. The van der Waals surface area contributed by atoms with E-state index in [0.29, 0.717) is 31.5 Å². The van der Waals surface area contributed by atoms with Gasteiger partial charge < -0.3 is 14.8 Å². The minimum atomic E-state index is -0.199. The van der Waals surface area contributed by atoms with E-state index >= 15 is 0 Å². The summed E-state index contributed by atoms with van der Waals surface area (Å²) in [6, 6.07) is 19.3. The topological polar surface area (TPSA) is 47.6 Å². The van der Waals surface area contributed by atoms with Gasteiger partial charge in [0.15, 0.2) is 0 Å². The number of nitrogens with one attached hydrogen (secondary N) is 1. The second-order valence-corrected chi connectivity index (χ2v) is 6.58. The van der Waals surface area contributed by atoms with Gasteiger partial charge in [0.05, 0.1) is 13.7 Å². The number of benzene rings is 2. The van der Waals surface area contributed by atoms with Crippen LogP contribution in [0.3, 0.4) is 0 Å². The summed E-state index contributed by atoms with van der Waals surface area (Å²) in [6.45, 7) is 4.91. The molecule has 0 aliphatic rings. The Balaban J connectivity index is 0.00000364. The molecule has 148 valence electrons. The number of rotatable bonds is 10. The number of carbonyl (C=O) groups is 1. The van der Waals surface area contributed by atoms with Crippen molar-refractivity contribution in [3.05, 3.63) is 65.7 Å². The Hall–Kier alpha value is -2.04. The predicted octanol–water partition coefficient (Wildman–Crippen LogP) is 4.72. The number of halogens is 1. The predicted molar refractivity (Wildman–Crippen MR) is 112 cm³/mol. The van der Waals surface area contributed by atoms with Crippen LogP contribution in [0.1, 0.15) is 43.9 Å². The van der Waals surface area contributed by atoms with E-state index in [-0.39, 0.29) is 18.4 Å². The lowest BCUT2D eigenvalue weighted by atomic mass is 10.0. The fourth-order valence-electron chi connectivity index (χ4n) is 2.91. The van der Waals surface area contributed by atoms with E-state index in [1.165, 1.54) is 18.2 Å². The van der Waals surface area contributed by atoms with Gasteiger partial charge in [-0.1, -0.05) is 42.5 Å². The van der Waals surface area contributed by atoms with Crippen molar-refractivity contribution in [2.24, 2.45) is 0 Å². The molecule has 2 aromatic carbocycles. The highest BCUT2D eigenvalue weighted by Gasteiger charge is 2.10. The maximum atomic E-state index is 11.1. The molecule has 27 heavy (non-hydrogen) atoms. The molecule has 0 saturated heterocycles. The number of esters is 1. The molecular weight excluding hydrogens is 362 g/mol. The fraction of sp³-hybridized carbons (Fsp3) is 0.409. The zero-order chi connectivity index (χ0) is 18.8. The molecule has 0 amide bonds. The van der Waals surface area contributed by atoms with Crippen LogP contribution in [0.25, 0.3) is 0 Å². The number of carbonyl (C=O) groups excluding carboxylic acids is 1. The summed E-state index contributed by atoms with van der Waals surface area (Å²) >= 11 is 0. The molecular formula is C22H30ClNO3. The molecule has 0 heterocycles. The van der Waals surface area contributed by atoms with Gasteiger partial charge in [-0.3, -0.25) is 4.79 Å². The van der Waals surface area contributed by atoms with Gasteiger partial charge in [0.25, 0.3) is 0 Å². The summed E-state index contributed by atoms with van der Waals surface area (Å²) in [5, 5.41) is 3.64. The molecule has 5 heteroatoms. The van der Waals surface area contributed by atoms with Gasteiger partial charge in [0.2, 0.25) is 0 Å².